The molecule has 80 valence electrons. The monoisotopic (exact) mass is 202 g/mol. The van der Waals surface area contributed by atoms with Crippen LogP contribution in [0.15, 0.2) is 0 Å². The maximum Gasteiger partial charge on any atom is 0.145 e. The maximum absolute atomic E-state index is 5.16. The van der Waals surface area contributed by atoms with Gasteiger partial charge in [-0.2, -0.15) is 0 Å². The van der Waals surface area contributed by atoms with Crippen molar-refractivity contribution in [1.82, 2.24) is 0 Å². The summed E-state index contributed by atoms with van der Waals surface area (Å²) in [5.74, 6) is 0.794. The summed E-state index contributed by atoms with van der Waals surface area (Å²) >= 11 is 0. The van der Waals surface area contributed by atoms with Gasteiger partial charge in [-0.05, 0) is 24.2 Å². The smallest absolute Gasteiger partial charge is 0.145 e. The topological polar surface area (TPSA) is 9.23 Å². The third-order valence-corrected chi connectivity index (χ3v) is 3.64. The molecule has 0 saturated carbocycles. The molecule has 0 heterocycles. The van der Waals surface area contributed by atoms with Crippen LogP contribution in [0.1, 0.15) is 53.4 Å². The van der Waals surface area contributed by atoms with Crippen molar-refractivity contribution in [2.24, 2.45) is 11.3 Å². The van der Waals surface area contributed by atoms with Crippen molar-refractivity contribution in [2.45, 2.75) is 53.4 Å². The van der Waals surface area contributed by atoms with E-state index >= 15 is 0 Å². The molecular weight excluding hydrogens is 176 g/mol. The van der Waals surface area contributed by atoms with Gasteiger partial charge < -0.3 is 4.43 Å². The fourth-order valence-electron chi connectivity index (χ4n) is 1.29. The van der Waals surface area contributed by atoms with Gasteiger partial charge in [0, 0.05) is 6.61 Å². The summed E-state index contributed by atoms with van der Waals surface area (Å²) in [7, 11) is 0.896. The minimum atomic E-state index is 0.516. The van der Waals surface area contributed by atoms with E-state index in [1.807, 2.05) is 0 Å². The van der Waals surface area contributed by atoms with Gasteiger partial charge in [0.25, 0.3) is 0 Å². The van der Waals surface area contributed by atoms with E-state index in [0.717, 1.165) is 23.0 Å². The van der Waals surface area contributed by atoms with Crippen molar-refractivity contribution in [3.05, 3.63) is 0 Å². The van der Waals surface area contributed by atoms with Gasteiger partial charge in [0.2, 0.25) is 0 Å². The largest absolute Gasteiger partial charge is 0.428 e. The van der Waals surface area contributed by atoms with Gasteiger partial charge in [-0.3, -0.25) is 0 Å². The van der Waals surface area contributed by atoms with Crippen LogP contribution in [-0.2, 0) is 4.43 Å². The molecule has 0 aromatic heterocycles. The lowest BCUT2D eigenvalue weighted by Crippen LogP contribution is -2.18. The highest BCUT2D eigenvalue weighted by atomic mass is 28.2. The Balaban J connectivity index is 3.41. The lowest BCUT2D eigenvalue weighted by atomic mass is 9.77. The Morgan fingerprint density at radius 2 is 1.77 bits per heavy atom. The van der Waals surface area contributed by atoms with E-state index in [9.17, 15) is 0 Å². The quantitative estimate of drug-likeness (QED) is 0.455. The second kappa shape index (κ2) is 6.60. The first kappa shape index (κ1) is 13.2. The Morgan fingerprint density at radius 1 is 1.15 bits per heavy atom. The van der Waals surface area contributed by atoms with Crippen LogP contribution < -0.4 is 0 Å². The van der Waals surface area contributed by atoms with Crippen LogP contribution in [0.5, 0.6) is 0 Å². The zero-order valence-electron chi connectivity index (χ0n) is 10.0. The highest BCUT2D eigenvalue weighted by molar-refractivity contribution is 5.97. The second-order valence-electron chi connectivity index (χ2n) is 4.95. The number of hydrogen-bond donors (Lipinski definition) is 0. The lowest BCUT2D eigenvalue weighted by molar-refractivity contribution is 0.218. The molecule has 0 bridgehead atoms. The molecule has 0 aliphatic heterocycles. The second-order valence-corrected chi connectivity index (χ2v) is 5.52. The molecule has 0 fully saturated rings. The summed E-state index contributed by atoms with van der Waals surface area (Å²) in [6, 6.07) is 0. The Kier molecular flexibility index (Phi) is 6.69. The van der Waals surface area contributed by atoms with Crippen molar-refractivity contribution >= 4 is 10.5 Å². The van der Waals surface area contributed by atoms with Crippen molar-refractivity contribution in [2.75, 3.05) is 6.61 Å². The van der Waals surface area contributed by atoms with Gasteiger partial charge in [0.1, 0.15) is 10.5 Å². The molecule has 0 radical (unpaired) electrons. The molecule has 0 atom stereocenters. The normalized spacial score (nSPS) is 12.7. The van der Waals surface area contributed by atoms with Crippen LogP contribution in [0.2, 0.25) is 0 Å². The van der Waals surface area contributed by atoms with Gasteiger partial charge in [0.05, 0.1) is 0 Å². The Hall–Kier alpha value is 0.177. The molecule has 13 heavy (non-hydrogen) atoms. The zero-order chi connectivity index (χ0) is 10.3. The first-order chi connectivity index (χ1) is 6.00. The van der Waals surface area contributed by atoms with Crippen molar-refractivity contribution in [3.8, 4) is 0 Å². The molecule has 1 nitrogen and oxygen atoms in total. The Morgan fingerprint density at radius 3 is 2.23 bits per heavy atom. The minimum absolute atomic E-state index is 0.516. The average Bonchev–Trinajstić information content (AvgIpc) is 2.03. The molecule has 2 heteroatoms. The summed E-state index contributed by atoms with van der Waals surface area (Å²) in [6.45, 7) is 10.4. The lowest BCUT2D eigenvalue weighted by Gasteiger charge is -2.29. The first-order valence-corrected chi connectivity index (χ1v) is 6.31. The molecule has 0 aromatic carbocycles. The highest BCUT2D eigenvalue weighted by Gasteiger charge is 2.20. The molecule has 0 aliphatic carbocycles. The third kappa shape index (κ3) is 6.27. The van der Waals surface area contributed by atoms with Crippen molar-refractivity contribution < 1.29 is 4.43 Å². The van der Waals surface area contributed by atoms with Gasteiger partial charge in [-0.15, -0.1) is 0 Å². The summed E-state index contributed by atoms with van der Waals surface area (Å²) < 4.78 is 5.16. The van der Waals surface area contributed by atoms with E-state index in [4.69, 9.17) is 4.43 Å². The van der Waals surface area contributed by atoms with Crippen molar-refractivity contribution in [1.29, 1.82) is 0 Å². The molecule has 0 N–H and O–H groups in total. The average molecular weight is 202 g/mol. The van der Waals surface area contributed by atoms with Crippen LogP contribution in [-0.4, -0.2) is 17.1 Å². The van der Waals surface area contributed by atoms with Gasteiger partial charge in [-0.25, -0.2) is 0 Å². The van der Waals surface area contributed by atoms with Crippen molar-refractivity contribution in [3.63, 3.8) is 0 Å². The number of hydrogen-bond acceptors (Lipinski definition) is 1. The number of unbranched alkanes of at least 4 members (excludes halogenated alkanes) is 2. The van der Waals surface area contributed by atoms with Gasteiger partial charge in [0.15, 0.2) is 0 Å². The van der Waals surface area contributed by atoms with Crippen LogP contribution in [0, 0.1) is 11.3 Å². The molecular formula is C11H26OSi. The fraction of sp³-hybridized carbons (Fsp3) is 1.00. The SMILES string of the molecule is CC(C)C(C)(C)CCCCCO[SiH3]. The van der Waals surface area contributed by atoms with E-state index in [1.165, 1.54) is 25.7 Å². The molecule has 0 amide bonds. The predicted octanol–water partition coefficient (Wildman–Crippen LogP) is 2.53. The first-order valence-electron chi connectivity index (χ1n) is 5.49. The van der Waals surface area contributed by atoms with Gasteiger partial charge >= 0.3 is 0 Å². The van der Waals surface area contributed by atoms with E-state index < -0.39 is 0 Å². The summed E-state index contributed by atoms with van der Waals surface area (Å²) in [4.78, 5) is 0. The fourth-order valence-corrected chi connectivity index (χ4v) is 1.58. The van der Waals surface area contributed by atoms with Gasteiger partial charge in [-0.1, -0.05) is 40.5 Å². The van der Waals surface area contributed by atoms with Crippen LogP contribution >= 0.6 is 0 Å². The van der Waals surface area contributed by atoms with E-state index in [2.05, 4.69) is 27.7 Å². The van der Waals surface area contributed by atoms with Crippen LogP contribution in [0.25, 0.3) is 0 Å². The summed E-state index contributed by atoms with van der Waals surface area (Å²) in [5, 5.41) is 0. The van der Waals surface area contributed by atoms with Crippen LogP contribution in [0.4, 0.5) is 0 Å². The predicted molar refractivity (Wildman–Crippen MR) is 63.0 cm³/mol. The molecule has 0 rings (SSSR count). The minimum Gasteiger partial charge on any atom is -0.428 e. The number of rotatable bonds is 7. The molecule has 0 aliphatic rings. The van der Waals surface area contributed by atoms with Crippen LogP contribution in [0.3, 0.4) is 0 Å². The Labute approximate surface area is 86.8 Å². The van der Waals surface area contributed by atoms with E-state index in [-0.39, 0.29) is 0 Å². The molecule has 0 saturated heterocycles. The third-order valence-electron chi connectivity index (χ3n) is 3.23. The maximum atomic E-state index is 5.16. The zero-order valence-corrected chi connectivity index (χ0v) is 12.0. The molecule has 0 unspecified atom stereocenters. The van der Waals surface area contributed by atoms with E-state index in [1.54, 1.807) is 0 Å². The summed E-state index contributed by atoms with van der Waals surface area (Å²) in [5.41, 5.74) is 0.516. The summed E-state index contributed by atoms with van der Waals surface area (Å²) in [6.07, 6.45) is 5.29. The standard InChI is InChI=1S/C11H26OSi/c1-10(2)11(3,4)8-6-5-7-9-12-13/h10H,5-9H2,1-4,13H3. The highest BCUT2D eigenvalue weighted by Crippen LogP contribution is 2.31. The molecule has 0 aromatic rings. The van der Waals surface area contributed by atoms with E-state index in [0.29, 0.717) is 5.41 Å². The molecule has 0 spiro atoms. The Bertz CT molecular complexity index is 121.